The second kappa shape index (κ2) is 2.62. The van der Waals surface area contributed by atoms with Crippen LogP contribution in [-0.4, -0.2) is 17.6 Å². The van der Waals surface area contributed by atoms with Gasteiger partial charge in [0.05, 0.1) is 17.6 Å². The van der Waals surface area contributed by atoms with E-state index in [4.69, 9.17) is 0 Å². The van der Waals surface area contributed by atoms with Crippen molar-refractivity contribution in [3.05, 3.63) is 18.5 Å². The second-order valence-corrected chi connectivity index (χ2v) is 3.89. The van der Waals surface area contributed by atoms with Crippen LogP contribution >= 0.6 is 0 Å². The van der Waals surface area contributed by atoms with Crippen molar-refractivity contribution in [3.63, 3.8) is 0 Å². The maximum atomic E-state index is 4.11. The van der Waals surface area contributed by atoms with Gasteiger partial charge < -0.3 is 10.6 Å². The highest BCUT2D eigenvalue weighted by Crippen LogP contribution is 2.37. The summed E-state index contributed by atoms with van der Waals surface area (Å²) in [5, 5.41) is 6.97. The molecule has 3 nitrogen and oxygen atoms in total. The lowest BCUT2D eigenvalue weighted by atomic mass is 10.1. The molecule has 0 saturated heterocycles. The van der Waals surface area contributed by atoms with Crippen molar-refractivity contribution in [1.29, 1.82) is 0 Å². The average molecular weight is 175 g/mol. The van der Waals surface area contributed by atoms with Gasteiger partial charge in [0.25, 0.3) is 0 Å². The maximum absolute atomic E-state index is 4.11. The number of hydrogen-bond acceptors (Lipinski definition) is 3. The van der Waals surface area contributed by atoms with Crippen LogP contribution in [0.4, 0.5) is 11.4 Å². The monoisotopic (exact) mass is 175 g/mol. The molecule has 3 heteroatoms. The minimum absolute atomic E-state index is 0.622. The molecule has 0 aromatic carbocycles. The summed E-state index contributed by atoms with van der Waals surface area (Å²) in [5.74, 6) is 0.890. The predicted octanol–water partition coefficient (Wildman–Crippen LogP) is 1.70. The molecular weight excluding hydrogens is 162 g/mol. The Kier molecular flexibility index (Phi) is 1.45. The number of fused-ring (bicyclic) bond motifs is 1. The molecule has 1 saturated carbocycles. The molecule has 1 aromatic rings. The highest BCUT2D eigenvalue weighted by Gasteiger charge is 2.33. The molecule has 3 rings (SSSR count). The summed E-state index contributed by atoms with van der Waals surface area (Å²) in [5.41, 5.74) is 2.34. The van der Waals surface area contributed by atoms with E-state index in [0.29, 0.717) is 6.04 Å². The van der Waals surface area contributed by atoms with E-state index in [1.807, 2.05) is 18.5 Å². The van der Waals surface area contributed by atoms with Crippen molar-refractivity contribution in [2.24, 2.45) is 5.92 Å². The first-order valence-electron chi connectivity index (χ1n) is 4.88. The van der Waals surface area contributed by atoms with E-state index in [1.165, 1.54) is 18.5 Å². The smallest absolute Gasteiger partial charge is 0.0765 e. The van der Waals surface area contributed by atoms with Crippen molar-refractivity contribution in [1.82, 2.24) is 4.98 Å². The zero-order valence-corrected chi connectivity index (χ0v) is 7.46. The first kappa shape index (κ1) is 7.18. The lowest BCUT2D eigenvalue weighted by molar-refractivity contribution is 0.652. The van der Waals surface area contributed by atoms with E-state index < -0.39 is 0 Å². The van der Waals surface area contributed by atoms with Gasteiger partial charge in [-0.1, -0.05) is 0 Å². The van der Waals surface area contributed by atoms with E-state index in [2.05, 4.69) is 15.6 Å². The van der Waals surface area contributed by atoms with Crippen LogP contribution in [0.3, 0.4) is 0 Å². The molecule has 0 bridgehead atoms. The van der Waals surface area contributed by atoms with Gasteiger partial charge in [-0.3, -0.25) is 4.98 Å². The molecule has 13 heavy (non-hydrogen) atoms. The van der Waals surface area contributed by atoms with Crippen molar-refractivity contribution < 1.29 is 0 Å². The lowest BCUT2D eigenvalue weighted by Crippen LogP contribution is -2.34. The molecule has 0 amide bonds. The summed E-state index contributed by atoms with van der Waals surface area (Å²) in [7, 11) is 0. The van der Waals surface area contributed by atoms with Gasteiger partial charge in [-0.05, 0) is 24.8 Å². The Bertz CT molecular complexity index is 320. The van der Waals surface area contributed by atoms with Crippen molar-refractivity contribution in [2.75, 3.05) is 17.2 Å². The van der Waals surface area contributed by atoms with E-state index in [1.54, 1.807) is 0 Å². The van der Waals surface area contributed by atoms with Gasteiger partial charge >= 0.3 is 0 Å². The predicted molar refractivity (Wildman–Crippen MR) is 52.9 cm³/mol. The summed E-state index contributed by atoms with van der Waals surface area (Å²) in [4.78, 5) is 4.11. The SMILES string of the molecule is c1cc2c(cn1)NC(C1CC1)CN2. The lowest BCUT2D eigenvalue weighted by Gasteiger charge is -2.27. The van der Waals surface area contributed by atoms with E-state index in [9.17, 15) is 0 Å². The fraction of sp³-hybridized carbons (Fsp3) is 0.500. The minimum Gasteiger partial charge on any atom is -0.381 e. The van der Waals surface area contributed by atoms with Crippen LogP contribution in [-0.2, 0) is 0 Å². The Morgan fingerprint density at radius 2 is 2.23 bits per heavy atom. The Labute approximate surface area is 77.6 Å². The molecule has 2 aliphatic rings. The van der Waals surface area contributed by atoms with E-state index >= 15 is 0 Å². The second-order valence-electron chi connectivity index (χ2n) is 3.89. The number of anilines is 2. The van der Waals surface area contributed by atoms with Crippen LogP contribution < -0.4 is 10.6 Å². The van der Waals surface area contributed by atoms with Gasteiger partial charge in [0.1, 0.15) is 0 Å². The van der Waals surface area contributed by atoms with Crippen molar-refractivity contribution in [2.45, 2.75) is 18.9 Å². The number of rotatable bonds is 1. The standard InChI is InChI=1S/C10H13N3/c1-2-7(1)9-6-12-8-3-4-11-5-10(8)13-9/h3-5,7,9,12-13H,1-2,6H2. The molecule has 1 aliphatic carbocycles. The van der Waals surface area contributed by atoms with Crippen LogP contribution in [0.2, 0.25) is 0 Å². The van der Waals surface area contributed by atoms with Crippen LogP contribution in [0.25, 0.3) is 0 Å². The van der Waals surface area contributed by atoms with Gasteiger partial charge in [-0.15, -0.1) is 0 Å². The van der Waals surface area contributed by atoms with Gasteiger partial charge in [0.2, 0.25) is 0 Å². The highest BCUT2D eigenvalue weighted by atomic mass is 15.1. The summed E-state index contributed by atoms with van der Waals surface area (Å²) < 4.78 is 0. The Hall–Kier alpha value is -1.25. The Balaban J connectivity index is 1.85. The third-order valence-electron chi connectivity index (χ3n) is 2.87. The van der Waals surface area contributed by atoms with E-state index in [0.717, 1.165) is 18.2 Å². The third-order valence-corrected chi connectivity index (χ3v) is 2.87. The first-order chi connectivity index (χ1) is 6.43. The molecule has 1 aromatic heterocycles. The third kappa shape index (κ3) is 1.24. The van der Waals surface area contributed by atoms with Crippen LogP contribution in [0.15, 0.2) is 18.5 Å². The zero-order chi connectivity index (χ0) is 8.67. The summed E-state index contributed by atoms with van der Waals surface area (Å²) in [6.45, 7) is 1.06. The molecule has 1 atom stereocenters. The minimum atomic E-state index is 0.622. The quantitative estimate of drug-likeness (QED) is 0.682. The molecule has 0 radical (unpaired) electrons. The largest absolute Gasteiger partial charge is 0.381 e. The molecule has 0 spiro atoms. The number of nitrogens with zero attached hydrogens (tertiary/aromatic N) is 1. The van der Waals surface area contributed by atoms with Crippen molar-refractivity contribution in [3.8, 4) is 0 Å². The molecular formula is C10H13N3. The molecule has 1 fully saturated rings. The van der Waals surface area contributed by atoms with Gasteiger partial charge in [0.15, 0.2) is 0 Å². The fourth-order valence-corrected chi connectivity index (χ4v) is 1.92. The van der Waals surface area contributed by atoms with Crippen molar-refractivity contribution >= 4 is 11.4 Å². The maximum Gasteiger partial charge on any atom is 0.0765 e. The molecule has 1 aliphatic heterocycles. The Morgan fingerprint density at radius 3 is 3.08 bits per heavy atom. The number of pyridine rings is 1. The molecule has 2 N–H and O–H groups in total. The zero-order valence-electron chi connectivity index (χ0n) is 7.46. The van der Waals surface area contributed by atoms with Gasteiger partial charge in [0, 0.05) is 18.8 Å². The summed E-state index contributed by atoms with van der Waals surface area (Å²) in [6, 6.07) is 2.64. The fourth-order valence-electron chi connectivity index (χ4n) is 1.92. The number of nitrogens with one attached hydrogen (secondary N) is 2. The van der Waals surface area contributed by atoms with Crippen LogP contribution in [0.1, 0.15) is 12.8 Å². The summed E-state index contributed by atoms with van der Waals surface area (Å²) in [6.07, 6.45) is 6.49. The van der Waals surface area contributed by atoms with E-state index in [-0.39, 0.29) is 0 Å². The highest BCUT2D eigenvalue weighted by molar-refractivity contribution is 5.69. The average Bonchev–Trinajstić information content (AvgIpc) is 3.00. The van der Waals surface area contributed by atoms with Gasteiger partial charge in [-0.25, -0.2) is 0 Å². The first-order valence-corrected chi connectivity index (χ1v) is 4.88. The number of hydrogen-bond donors (Lipinski definition) is 2. The summed E-state index contributed by atoms with van der Waals surface area (Å²) >= 11 is 0. The van der Waals surface area contributed by atoms with Crippen LogP contribution in [0, 0.1) is 5.92 Å². The normalized spacial score (nSPS) is 25.7. The Morgan fingerprint density at radius 1 is 1.31 bits per heavy atom. The number of aromatic nitrogens is 1. The van der Waals surface area contributed by atoms with Crippen LogP contribution in [0.5, 0.6) is 0 Å². The molecule has 68 valence electrons. The molecule has 2 heterocycles. The topological polar surface area (TPSA) is 37.0 Å². The van der Waals surface area contributed by atoms with Gasteiger partial charge in [-0.2, -0.15) is 0 Å². The molecule has 1 unspecified atom stereocenters.